The molecule has 0 aromatic carbocycles. The molecular weight excluding hydrogens is 222 g/mol. The van der Waals surface area contributed by atoms with Crippen LogP contribution in [0.3, 0.4) is 0 Å². The Morgan fingerprint density at radius 2 is 1.87 bits per heavy atom. The molecule has 0 saturated heterocycles. The molecule has 86 valence electrons. The van der Waals surface area contributed by atoms with E-state index in [0.717, 1.165) is 16.7 Å². The Morgan fingerprint density at radius 1 is 1.27 bits per heavy atom. The van der Waals surface area contributed by atoms with Crippen LogP contribution in [0.4, 0.5) is 9.59 Å². The number of thioether (sulfide) groups is 1. The van der Waals surface area contributed by atoms with E-state index < -0.39 is 24.1 Å². The summed E-state index contributed by atoms with van der Waals surface area (Å²) in [5.41, 5.74) is 0. The van der Waals surface area contributed by atoms with Gasteiger partial charge in [-0.05, 0) is 11.8 Å². The van der Waals surface area contributed by atoms with E-state index in [1.807, 2.05) is 0 Å². The quantitative estimate of drug-likeness (QED) is 0.544. The third-order valence-electron chi connectivity index (χ3n) is 1.37. The van der Waals surface area contributed by atoms with Crippen LogP contribution in [0.15, 0.2) is 0 Å². The maximum atomic E-state index is 11.0. The van der Waals surface area contributed by atoms with Gasteiger partial charge in [0.15, 0.2) is 0 Å². The van der Waals surface area contributed by atoms with Crippen molar-refractivity contribution >= 4 is 29.1 Å². The summed E-state index contributed by atoms with van der Waals surface area (Å²) in [5.74, 6) is 0.134. The number of imide groups is 1. The van der Waals surface area contributed by atoms with Gasteiger partial charge in [-0.3, -0.25) is 9.69 Å². The lowest BCUT2D eigenvalue weighted by molar-refractivity contribution is -0.126. The van der Waals surface area contributed by atoms with Gasteiger partial charge in [-0.1, -0.05) is 6.92 Å². The first-order valence-corrected chi connectivity index (χ1v) is 5.18. The third kappa shape index (κ3) is 5.95. The number of ether oxygens (including phenoxy) is 2. The van der Waals surface area contributed by atoms with Crippen LogP contribution in [0, 0.1) is 0 Å². The zero-order chi connectivity index (χ0) is 11.8. The second-order valence-electron chi connectivity index (χ2n) is 2.43. The van der Waals surface area contributed by atoms with Crippen molar-refractivity contribution in [3.05, 3.63) is 0 Å². The van der Waals surface area contributed by atoms with Gasteiger partial charge < -0.3 is 9.47 Å². The van der Waals surface area contributed by atoms with Gasteiger partial charge in [0, 0.05) is 19.7 Å². The Bertz CT molecular complexity index is 255. The first-order chi connectivity index (χ1) is 6.99. The van der Waals surface area contributed by atoms with Gasteiger partial charge in [0.2, 0.25) is 12.7 Å². The van der Waals surface area contributed by atoms with Crippen LogP contribution in [0.1, 0.15) is 13.8 Å². The molecule has 0 aliphatic rings. The number of carbonyl (C=O) groups is 3. The predicted octanol–water partition coefficient (Wildman–Crippen LogP) is 1.45. The highest BCUT2D eigenvalue weighted by Gasteiger charge is 2.14. The van der Waals surface area contributed by atoms with Gasteiger partial charge >= 0.3 is 11.4 Å². The van der Waals surface area contributed by atoms with Crippen molar-refractivity contribution in [3.8, 4) is 0 Å². The normalized spacial score (nSPS) is 9.27. The number of nitrogens with zero attached hydrogens (tertiary/aromatic N) is 1. The maximum Gasteiger partial charge on any atom is 0.419 e. The molecule has 0 aliphatic carbocycles. The minimum atomic E-state index is -0.850. The highest BCUT2D eigenvalue weighted by atomic mass is 32.2. The Balaban J connectivity index is 3.73. The fourth-order valence-electron chi connectivity index (χ4n) is 0.513. The summed E-state index contributed by atoms with van der Waals surface area (Å²) in [4.78, 5) is 33.3. The van der Waals surface area contributed by atoms with Gasteiger partial charge in [0.1, 0.15) is 0 Å². The molecule has 0 bridgehead atoms. The number of carbonyl (C=O) groups excluding carboxylic acids is 3. The van der Waals surface area contributed by atoms with E-state index >= 15 is 0 Å². The molecule has 15 heavy (non-hydrogen) atoms. The minimum Gasteiger partial charge on any atom is -0.420 e. The van der Waals surface area contributed by atoms with E-state index in [-0.39, 0.29) is 0 Å². The molecule has 0 N–H and O–H groups in total. The summed E-state index contributed by atoms with van der Waals surface area (Å²) >= 11 is 0.965. The Morgan fingerprint density at radius 3 is 2.33 bits per heavy atom. The highest BCUT2D eigenvalue weighted by molar-refractivity contribution is 8.13. The zero-order valence-electron chi connectivity index (χ0n) is 8.81. The first-order valence-electron chi connectivity index (χ1n) is 4.19. The molecule has 0 radical (unpaired) electrons. The second-order valence-corrected chi connectivity index (χ2v) is 3.63. The summed E-state index contributed by atoms with van der Waals surface area (Å²) in [6.45, 7) is 2.53. The molecule has 0 spiro atoms. The molecule has 0 aliphatic heterocycles. The number of rotatable bonds is 3. The number of hydrogen-bond acceptors (Lipinski definition) is 6. The molecule has 0 atom stereocenters. The van der Waals surface area contributed by atoms with Gasteiger partial charge in [-0.15, -0.1) is 0 Å². The maximum absolute atomic E-state index is 11.0. The molecule has 6 nitrogen and oxygen atoms in total. The van der Waals surface area contributed by atoms with Crippen LogP contribution in [-0.4, -0.2) is 41.8 Å². The number of amides is 2. The summed E-state index contributed by atoms with van der Waals surface area (Å²) in [6, 6.07) is 0. The standard InChI is InChI=1S/C8H13NO5S/c1-4-15-8(12)14-5-13-7(11)9(3)6(2)10/h4-5H2,1-3H3. The smallest absolute Gasteiger partial charge is 0.419 e. The predicted molar refractivity (Wildman–Crippen MR) is 54.4 cm³/mol. The highest BCUT2D eigenvalue weighted by Crippen LogP contribution is 2.03. The largest absolute Gasteiger partial charge is 0.420 e. The van der Waals surface area contributed by atoms with Gasteiger partial charge in [0.05, 0.1) is 0 Å². The fraction of sp³-hybridized carbons (Fsp3) is 0.625. The average molecular weight is 235 g/mol. The van der Waals surface area contributed by atoms with Gasteiger partial charge in [-0.25, -0.2) is 9.59 Å². The molecule has 0 rings (SSSR count). The Hall–Kier alpha value is -1.24. The molecule has 7 heteroatoms. The van der Waals surface area contributed by atoms with Crippen LogP contribution in [0.25, 0.3) is 0 Å². The van der Waals surface area contributed by atoms with Crippen molar-refractivity contribution in [1.29, 1.82) is 0 Å². The molecule has 2 amide bonds. The van der Waals surface area contributed by atoms with Gasteiger partial charge in [-0.2, -0.15) is 0 Å². The molecule has 0 aromatic heterocycles. The lowest BCUT2D eigenvalue weighted by Crippen LogP contribution is -2.32. The minimum absolute atomic E-state index is 0.450. The summed E-state index contributed by atoms with van der Waals surface area (Å²) in [7, 11) is 1.27. The summed E-state index contributed by atoms with van der Waals surface area (Å²) in [6.07, 6.45) is -0.850. The molecule has 0 unspecified atom stereocenters. The Kier molecular flexibility index (Phi) is 6.52. The average Bonchev–Trinajstić information content (AvgIpc) is 2.16. The summed E-state index contributed by atoms with van der Waals surface area (Å²) < 4.78 is 9.02. The fourth-order valence-corrected chi connectivity index (χ4v) is 0.880. The van der Waals surface area contributed by atoms with Gasteiger partial charge in [0.25, 0.3) is 0 Å². The Labute approximate surface area is 91.9 Å². The topological polar surface area (TPSA) is 72.9 Å². The van der Waals surface area contributed by atoms with Crippen molar-refractivity contribution in [3.63, 3.8) is 0 Å². The third-order valence-corrected chi connectivity index (χ3v) is 2.01. The van der Waals surface area contributed by atoms with E-state index in [4.69, 9.17) is 0 Å². The lowest BCUT2D eigenvalue weighted by atomic mass is 10.6. The van der Waals surface area contributed by atoms with Crippen molar-refractivity contribution in [2.75, 3.05) is 19.6 Å². The van der Waals surface area contributed by atoms with E-state index in [2.05, 4.69) is 9.47 Å². The van der Waals surface area contributed by atoms with E-state index in [1.54, 1.807) is 6.92 Å². The van der Waals surface area contributed by atoms with Crippen molar-refractivity contribution in [1.82, 2.24) is 4.90 Å². The van der Waals surface area contributed by atoms with E-state index in [0.29, 0.717) is 5.75 Å². The second kappa shape index (κ2) is 7.10. The SMILES string of the molecule is CCSC(=O)OCOC(=O)N(C)C(C)=O. The van der Waals surface area contributed by atoms with Crippen LogP contribution >= 0.6 is 11.8 Å². The molecular formula is C8H13NO5S. The monoisotopic (exact) mass is 235 g/mol. The molecule has 0 aromatic rings. The van der Waals surface area contributed by atoms with Crippen molar-refractivity contribution in [2.24, 2.45) is 0 Å². The number of hydrogen-bond donors (Lipinski definition) is 0. The van der Waals surface area contributed by atoms with E-state index in [1.165, 1.54) is 14.0 Å². The molecule has 0 heterocycles. The lowest BCUT2D eigenvalue weighted by Gasteiger charge is -2.12. The van der Waals surface area contributed by atoms with Crippen molar-refractivity contribution in [2.45, 2.75) is 13.8 Å². The van der Waals surface area contributed by atoms with Crippen molar-refractivity contribution < 1.29 is 23.9 Å². The van der Waals surface area contributed by atoms with E-state index in [9.17, 15) is 14.4 Å². The zero-order valence-corrected chi connectivity index (χ0v) is 9.63. The van der Waals surface area contributed by atoms with Crippen LogP contribution < -0.4 is 0 Å². The summed E-state index contributed by atoms with van der Waals surface area (Å²) in [5, 5.41) is -0.518. The first kappa shape index (κ1) is 13.8. The van der Waals surface area contributed by atoms with Crippen LogP contribution in [0.5, 0.6) is 0 Å². The van der Waals surface area contributed by atoms with Crippen LogP contribution in [-0.2, 0) is 14.3 Å². The van der Waals surface area contributed by atoms with Crippen LogP contribution in [0.2, 0.25) is 0 Å². The molecule has 0 saturated carbocycles. The molecule has 0 fully saturated rings.